The summed E-state index contributed by atoms with van der Waals surface area (Å²) in [5.41, 5.74) is 7.67. The number of nitrogens with one attached hydrogen (secondary N) is 1. The van der Waals surface area contributed by atoms with Crippen molar-refractivity contribution in [3.63, 3.8) is 0 Å². The monoisotopic (exact) mass is 429 g/mol. The minimum absolute atomic E-state index is 0.307. The first-order valence-electron chi connectivity index (χ1n) is 10.8. The Balaban J connectivity index is 1.39. The summed E-state index contributed by atoms with van der Waals surface area (Å²) in [4.78, 5) is 17.8. The lowest BCUT2D eigenvalue weighted by Gasteiger charge is -2.33. The Morgan fingerprint density at radius 2 is 2.00 bits per heavy atom. The number of ether oxygens (including phenoxy) is 2. The molecule has 30 heavy (non-hydrogen) atoms. The minimum Gasteiger partial charge on any atom is -0.492 e. The number of carbonyl (C=O) groups excluding carboxylic acids is 1. The third kappa shape index (κ3) is 4.72. The molecule has 162 valence electrons. The van der Waals surface area contributed by atoms with Crippen molar-refractivity contribution in [3.05, 3.63) is 29.1 Å². The van der Waals surface area contributed by atoms with Gasteiger partial charge in [-0.15, -0.1) is 11.3 Å². The number of hydrogen-bond acceptors (Lipinski definition) is 6. The number of anilines is 1. The Morgan fingerprint density at radius 3 is 2.73 bits per heavy atom. The largest absolute Gasteiger partial charge is 0.492 e. The zero-order valence-corrected chi connectivity index (χ0v) is 18.8. The van der Waals surface area contributed by atoms with Gasteiger partial charge in [0, 0.05) is 22.9 Å². The molecule has 2 aliphatic rings. The summed E-state index contributed by atoms with van der Waals surface area (Å²) < 4.78 is 11.5. The Labute approximate surface area is 182 Å². The number of rotatable bonds is 3. The minimum atomic E-state index is -0.465. The summed E-state index contributed by atoms with van der Waals surface area (Å²) >= 11 is 1.60. The van der Waals surface area contributed by atoms with Crippen molar-refractivity contribution in [2.45, 2.75) is 58.0 Å². The predicted octanol–water partition coefficient (Wildman–Crippen LogP) is 5.20. The fourth-order valence-electron chi connectivity index (χ4n) is 4.52. The highest BCUT2D eigenvalue weighted by atomic mass is 32.1. The molecule has 6 nitrogen and oxygen atoms in total. The molecule has 0 radical (unpaired) electrons. The molecule has 2 heterocycles. The normalized spacial score (nSPS) is 23.5. The molecule has 1 aliphatic heterocycles. The molecule has 0 bridgehead atoms. The molecular weight excluding hydrogens is 398 g/mol. The molecule has 3 N–H and O–H groups in total. The number of aromatic nitrogens is 1. The Morgan fingerprint density at radius 1 is 1.27 bits per heavy atom. The van der Waals surface area contributed by atoms with Gasteiger partial charge in [-0.25, -0.2) is 9.78 Å². The van der Waals surface area contributed by atoms with E-state index >= 15 is 0 Å². The van der Waals surface area contributed by atoms with Crippen molar-refractivity contribution in [2.75, 3.05) is 18.9 Å². The van der Waals surface area contributed by atoms with E-state index in [-0.39, 0.29) is 6.09 Å². The smallest absolute Gasteiger partial charge is 0.407 e. The summed E-state index contributed by atoms with van der Waals surface area (Å²) in [6.07, 6.45) is 4.08. The Bertz CT molecular complexity index is 897. The third-order valence-electron chi connectivity index (χ3n) is 5.96. The third-order valence-corrected chi connectivity index (χ3v) is 6.98. The highest BCUT2D eigenvalue weighted by Gasteiger charge is 2.35. The number of amides is 1. The molecule has 4 rings (SSSR count). The van der Waals surface area contributed by atoms with E-state index in [1.54, 1.807) is 11.3 Å². The van der Waals surface area contributed by atoms with Crippen LogP contribution in [0.2, 0.25) is 0 Å². The number of fused-ring (bicyclic) bond motifs is 3. The van der Waals surface area contributed by atoms with Gasteiger partial charge in [0.2, 0.25) is 0 Å². The van der Waals surface area contributed by atoms with Gasteiger partial charge in [-0.05, 0) is 70.4 Å². The van der Waals surface area contributed by atoms with Gasteiger partial charge >= 0.3 is 6.09 Å². The number of alkyl carbamates (subject to hydrolysis) is 1. The number of para-hydroxylation sites is 1. The Kier molecular flexibility index (Phi) is 5.91. The maximum Gasteiger partial charge on any atom is 0.407 e. The molecule has 1 fully saturated rings. The molecule has 1 saturated carbocycles. The molecule has 1 aromatic carbocycles. The van der Waals surface area contributed by atoms with Gasteiger partial charge in [-0.1, -0.05) is 12.1 Å². The highest BCUT2D eigenvalue weighted by molar-refractivity contribution is 7.16. The van der Waals surface area contributed by atoms with E-state index in [1.165, 1.54) is 4.88 Å². The topological polar surface area (TPSA) is 86.5 Å². The molecule has 7 heteroatoms. The van der Waals surface area contributed by atoms with Crippen LogP contribution in [0.3, 0.4) is 0 Å². The summed E-state index contributed by atoms with van der Waals surface area (Å²) in [6.45, 7) is 6.98. The number of carbonyl (C=O) groups is 1. The molecule has 1 aromatic heterocycles. The maximum atomic E-state index is 11.9. The van der Waals surface area contributed by atoms with Crippen LogP contribution in [-0.2, 0) is 4.74 Å². The van der Waals surface area contributed by atoms with Gasteiger partial charge in [0.25, 0.3) is 0 Å². The summed E-state index contributed by atoms with van der Waals surface area (Å²) in [7, 11) is 0. The van der Waals surface area contributed by atoms with Gasteiger partial charge in [0.15, 0.2) is 5.13 Å². The van der Waals surface area contributed by atoms with E-state index in [4.69, 9.17) is 15.2 Å². The van der Waals surface area contributed by atoms with Crippen LogP contribution in [0.25, 0.3) is 11.3 Å². The quantitative estimate of drug-likeness (QED) is 0.700. The van der Waals surface area contributed by atoms with Gasteiger partial charge < -0.3 is 20.5 Å². The molecule has 0 saturated heterocycles. The van der Waals surface area contributed by atoms with E-state index < -0.39 is 5.60 Å². The van der Waals surface area contributed by atoms with Crippen LogP contribution in [0.15, 0.2) is 24.3 Å². The van der Waals surface area contributed by atoms with E-state index in [0.717, 1.165) is 42.7 Å². The maximum absolute atomic E-state index is 11.9. The highest BCUT2D eigenvalue weighted by Crippen LogP contribution is 2.47. The Hall–Kier alpha value is -2.28. The molecule has 1 amide bonds. The van der Waals surface area contributed by atoms with Gasteiger partial charge in [0.05, 0.1) is 12.3 Å². The van der Waals surface area contributed by atoms with Crippen molar-refractivity contribution in [2.24, 2.45) is 11.8 Å². The first kappa shape index (κ1) is 21.0. The first-order chi connectivity index (χ1) is 14.3. The van der Waals surface area contributed by atoms with Crippen LogP contribution in [-0.4, -0.2) is 29.8 Å². The molecule has 2 aromatic rings. The molecule has 1 aliphatic carbocycles. The molecule has 1 atom stereocenters. The number of benzene rings is 1. The van der Waals surface area contributed by atoms with Gasteiger partial charge in [-0.2, -0.15) is 0 Å². The van der Waals surface area contributed by atoms with Crippen molar-refractivity contribution in [1.82, 2.24) is 10.3 Å². The lowest BCUT2D eigenvalue weighted by molar-refractivity contribution is 0.0512. The van der Waals surface area contributed by atoms with Crippen LogP contribution in [0.5, 0.6) is 5.75 Å². The number of nitrogens with zero attached hydrogens (tertiary/aromatic N) is 1. The molecular formula is C23H31N3O3S. The first-order valence-corrected chi connectivity index (χ1v) is 11.6. The lowest BCUT2D eigenvalue weighted by atomic mass is 9.75. The van der Waals surface area contributed by atoms with Gasteiger partial charge in [0.1, 0.15) is 11.4 Å². The molecule has 1 unspecified atom stereocenters. The number of nitrogens with two attached hydrogens (primary N) is 1. The zero-order chi connectivity index (χ0) is 21.3. The van der Waals surface area contributed by atoms with Crippen molar-refractivity contribution >= 4 is 22.6 Å². The summed E-state index contributed by atoms with van der Waals surface area (Å²) in [5, 5.41) is 3.56. The van der Waals surface area contributed by atoms with Crippen LogP contribution >= 0.6 is 11.3 Å². The van der Waals surface area contributed by atoms with Crippen LogP contribution in [0, 0.1) is 11.8 Å². The standard InChI is InChI=1S/C23H31N3O3S/c1-23(2,3)29-22(27)25-12-14-8-10-15(11-9-14)17-13-28-18-7-5-4-6-16(18)19-20(17)30-21(24)26-19/h4-7,14-15,17H,8-13H2,1-3H3,(H2,24,26)(H,25,27). The average molecular weight is 430 g/mol. The second kappa shape index (κ2) is 8.46. The fourth-order valence-corrected chi connectivity index (χ4v) is 5.55. The molecule has 0 spiro atoms. The average Bonchev–Trinajstić information content (AvgIpc) is 3.01. The lowest BCUT2D eigenvalue weighted by Crippen LogP contribution is -2.36. The number of hydrogen-bond donors (Lipinski definition) is 2. The van der Waals surface area contributed by atoms with Crippen molar-refractivity contribution in [1.29, 1.82) is 0 Å². The van der Waals surface area contributed by atoms with Crippen LogP contribution in [0.1, 0.15) is 57.2 Å². The van der Waals surface area contributed by atoms with E-state index in [1.807, 2.05) is 39.0 Å². The van der Waals surface area contributed by atoms with Crippen molar-refractivity contribution in [3.8, 4) is 17.0 Å². The second-order valence-electron chi connectivity index (χ2n) is 9.34. The van der Waals surface area contributed by atoms with Gasteiger partial charge in [-0.3, -0.25) is 0 Å². The number of thiazole rings is 1. The summed E-state index contributed by atoms with van der Waals surface area (Å²) in [6, 6.07) is 8.09. The predicted molar refractivity (Wildman–Crippen MR) is 120 cm³/mol. The number of nitrogen functional groups attached to an aromatic ring is 1. The van der Waals surface area contributed by atoms with Crippen molar-refractivity contribution < 1.29 is 14.3 Å². The van der Waals surface area contributed by atoms with Crippen LogP contribution < -0.4 is 15.8 Å². The SMILES string of the molecule is CC(C)(C)OC(=O)NCC1CCC(C2COc3ccccc3-c3nc(N)sc32)CC1. The zero-order valence-electron chi connectivity index (χ0n) is 17.9. The van der Waals surface area contributed by atoms with E-state index in [2.05, 4.69) is 16.4 Å². The van der Waals surface area contributed by atoms with Crippen LogP contribution in [0.4, 0.5) is 9.93 Å². The summed E-state index contributed by atoms with van der Waals surface area (Å²) in [5.74, 6) is 2.23. The second-order valence-corrected chi connectivity index (χ2v) is 10.4. The van der Waals surface area contributed by atoms with E-state index in [9.17, 15) is 4.79 Å². The van der Waals surface area contributed by atoms with E-state index in [0.29, 0.717) is 36.0 Å². The fraction of sp³-hybridized carbons (Fsp3) is 0.565.